The highest BCUT2D eigenvalue weighted by atomic mass is 32.2. The molecule has 156 valence electrons. The van der Waals surface area contributed by atoms with Gasteiger partial charge in [-0.15, -0.1) is 0 Å². The largest absolute Gasteiger partial charge is 0.465 e. The van der Waals surface area contributed by atoms with Crippen LogP contribution in [0, 0.1) is 5.82 Å². The van der Waals surface area contributed by atoms with Crippen molar-refractivity contribution in [2.75, 3.05) is 12.4 Å². The highest BCUT2D eigenvalue weighted by Crippen LogP contribution is 2.23. The standard InChI is InChI=1S/C20H18FN3O5S/c1-28-20(25)17-11-16(30(22,26)27)6-7-18(17)24-12-13-8-9-23-19(10-13)29-15-4-2-14(21)3-5-15/h2-11,24H,12H2,1H3,(H2,22,26,27). The van der Waals surface area contributed by atoms with Crippen molar-refractivity contribution >= 4 is 21.7 Å². The van der Waals surface area contributed by atoms with Gasteiger partial charge in [-0.25, -0.2) is 27.7 Å². The molecular formula is C20H18FN3O5S. The molecule has 0 saturated carbocycles. The number of hydrogen-bond acceptors (Lipinski definition) is 7. The number of benzene rings is 2. The molecule has 0 bridgehead atoms. The Bertz CT molecular complexity index is 1170. The van der Waals surface area contributed by atoms with Crippen molar-refractivity contribution in [1.82, 2.24) is 4.98 Å². The second-order valence-corrected chi connectivity index (χ2v) is 7.72. The minimum atomic E-state index is -3.97. The molecule has 3 N–H and O–H groups in total. The van der Waals surface area contributed by atoms with E-state index >= 15 is 0 Å². The van der Waals surface area contributed by atoms with E-state index in [4.69, 9.17) is 14.6 Å². The predicted molar refractivity (Wildman–Crippen MR) is 107 cm³/mol. The molecule has 8 nitrogen and oxygen atoms in total. The number of ether oxygens (including phenoxy) is 2. The number of carbonyl (C=O) groups excluding carboxylic acids is 1. The maximum atomic E-state index is 13.0. The van der Waals surface area contributed by atoms with Crippen molar-refractivity contribution in [1.29, 1.82) is 0 Å². The number of primary sulfonamides is 1. The third kappa shape index (κ3) is 5.31. The summed E-state index contributed by atoms with van der Waals surface area (Å²) in [6.07, 6.45) is 1.54. The zero-order valence-electron chi connectivity index (χ0n) is 15.8. The maximum Gasteiger partial charge on any atom is 0.340 e. The van der Waals surface area contributed by atoms with Gasteiger partial charge in [0.2, 0.25) is 15.9 Å². The fraction of sp³-hybridized carbons (Fsp3) is 0.100. The Labute approximate surface area is 172 Å². The first kappa shape index (κ1) is 21.2. The zero-order chi connectivity index (χ0) is 21.7. The van der Waals surface area contributed by atoms with Gasteiger partial charge in [0.05, 0.1) is 17.6 Å². The van der Waals surface area contributed by atoms with Gasteiger partial charge in [0.15, 0.2) is 0 Å². The molecule has 1 aromatic heterocycles. The maximum absolute atomic E-state index is 13.0. The van der Waals surface area contributed by atoms with Crippen molar-refractivity contribution < 1.29 is 27.1 Å². The van der Waals surface area contributed by atoms with Gasteiger partial charge < -0.3 is 14.8 Å². The van der Waals surface area contributed by atoms with Crippen LogP contribution < -0.4 is 15.2 Å². The molecule has 0 atom stereocenters. The van der Waals surface area contributed by atoms with E-state index in [2.05, 4.69) is 10.3 Å². The Morgan fingerprint density at radius 2 is 1.87 bits per heavy atom. The number of rotatable bonds is 7. The first-order valence-corrected chi connectivity index (χ1v) is 10.2. The number of anilines is 1. The first-order valence-electron chi connectivity index (χ1n) is 8.63. The summed E-state index contributed by atoms with van der Waals surface area (Å²) in [6.45, 7) is 0.279. The molecule has 0 unspecified atom stereocenters. The number of hydrogen-bond donors (Lipinski definition) is 2. The molecule has 0 aliphatic rings. The van der Waals surface area contributed by atoms with Crippen LogP contribution in [0.3, 0.4) is 0 Å². The lowest BCUT2D eigenvalue weighted by molar-refractivity contribution is 0.0601. The Morgan fingerprint density at radius 1 is 1.13 bits per heavy atom. The molecule has 0 aliphatic heterocycles. The first-order chi connectivity index (χ1) is 14.3. The van der Waals surface area contributed by atoms with Crippen LogP contribution in [0.4, 0.5) is 10.1 Å². The van der Waals surface area contributed by atoms with E-state index in [9.17, 15) is 17.6 Å². The molecule has 0 aliphatic carbocycles. The monoisotopic (exact) mass is 431 g/mol. The Balaban J connectivity index is 1.78. The van der Waals surface area contributed by atoms with E-state index in [1.807, 2.05) is 0 Å². The van der Waals surface area contributed by atoms with Crippen molar-refractivity contribution in [3.8, 4) is 11.6 Å². The number of methoxy groups -OCH3 is 1. The number of nitrogens with one attached hydrogen (secondary N) is 1. The molecule has 3 rings (SSSR count). The minimum absolute atomic E-state index is 0.0286. The number of aromatic nitrogens is 1. The summed E-state index contributed by atoms with van der Waals surface area (Å²) in [7, 11) is -2.78. The van der Waals surface area contributed by atoms with Crippen LogP contribution in [-0.4, -0.2) is 26.5 Å². The van der Waals surface area contributed by atoms with Crippen molar-refractivity contribution in [3.63, 3.8) is 0 Å². The molecule has 30 heavy (non-hydrogen) atoms. The lowest BCUT2D eigenvalue weighted by Crippen LogP contribution is -2.15. The average molecular weight is 431 g/mol. The third-order valence-corrected chi connectivity index (χ3v) is 4.95. The third-order valence-electron chi connectivity index (χ3n) is 4.04. The molecule has 0 radical (unpaired) electrons. The van der Waals surface area contributed by atoms with Crippen LogP contribution in [0.2, 0.25) is 0 Å². The van der Waals surface area contributed by atoms with Crippen LogP contribution >= 0.6 is 0 Å². The fourth-order valence-electron chi connectivity index (χ4n) is 2.57. The Morgan fingerprint density at radius 3 is 2.53 bits per heavy atom. The summed E-state index contributed by atoms with van der Waals surface area (Å²) in [6, 6.07) is 12.8. The molecular weight excluding hydrogens is 413 g/mol. The second kappa shape index (κ2) is 8.89. The summed E-state index contributed by atoms with van der Waals surface area (Å²) < 4.78 is 46.4. The van der Waals surface area contributed by atoms with Gasteiger partial charge in [-0.3, -0.25) is 0 Å². The number of halogens is 1. The number of pyridine rings is 1. The van der Waals surface area contributed by atoms with Crippen molar-refractivity contribution in [3.05, 3.63) is 77.7 Å². The highest BCUT2D eigenvalue weighted by molar-refractivity contribution is 7.89. The number of nitrogens with two attached hydrogens (primary N) is 1. The van der Waals surface area contributed by atoms with E-state index in [1.165, 1.54) is 43.5 Å². The second-order valence-electron chi connectivity index (χ2n) is 6.16. The van der Waals surface area contributed by atoms with Gasteiger partial charge in [-0.2, -0.15) is 0 Å². The van der Waals surface area contributed by atoms with Gasteiger partial charge in [0.1, 0.15) is 11.6 Å². The SMILES string of the molecule is COC(=O)c1cc(S(N)(=O)=O)ccc1NCc1ccnc(Oc2ccc(F)cc2)c1. The molecule has 1 heterocycles. The molecule has 0 saturated heterocycles. The lowest BCUT2D eigenvalue weighted by atomic mass is 10.1. The Hall–Kier alpha value is -3.50. The summed E-state index contributed by atoms with van der Waals surface area (Å²) >= 11 is 0. The number of carbonyl (C=O) groups is 1. The van der Waals surface area contributed by atoms with Crippen LogP contribution in [-0.2, 0) is 21.3 Å². The van der Waals surface area contributed by atoms with Crippen LogP contribution in [0.5, 0.6) is 11.6 Å². The lowest BCUT2D eigenvalue weighted by Gasteiger charge is -2.13. The molecule has 10 heteroatoms. The van der Waals surface area contributed by atoms with Crippen LogP contribution in [0.25, 0.3) is 0 Å². The normalized spacial score (nSPS) is 11.0. The summed E-state index contributed by atoms with van der Waals surface area (Å²) in [5, 5.41) is 8.18. The summed E-state index contributed by atoms with van der Waals surface area (Å²) in [5.41, 5.74) is 1.17. The average Bonchev–Trinajstić information content (AvgIpc) is 2.73. The van der Waals surface area contributed by atoms with E-state index in [0.29, 0.717) is 17.3 Å². The molecule has 0 spiro atoms. The molecule has 3 aromatic rings. The van der Waals surface area contributed by atoms with Gasteiger partial charge in [0.25, 0.3) is 0 Å². The molecule has 2 aromatic carbocycles. The topological polar surface area (TPSA) is 121 Å². The van der Waals surface area contributed by atoms with Gasteiger partial charge >= 0.3 is 5.97 Å². The predicted octanol–water partition coefficient (Wildman–Crippen LogP) is 3.06. The van der Waals surface area contributed by atoms with E-state index in [0.717, 1.165) is 11.6 Å². The minimum Gasteiger partial charge on any atom is -0.465 e. The highest BCUT2D eigenvalue weighted by Gasteiger charge is 2.17. The van der Waals surface area contributed by atoms with Gasteiger partial charge in [0, 0.05) is 24.5 Å². The number of nitrogens with zero attached hydrogens (tertiary/aromatic N) is 1. The van der Waals surface area contributed by atoms with E-state index < -0.39 is 16.0 Å². The van der Waals surface area contributed by atoms with Crippen molar-refractivity contribution in [2.45, 2.75) is 11.4 Å². The van der Waals surface area contributed by atoms with Crippen molar-refractivity contribution in [2.24, 2.45) is 5.14 Å². The zero-order valence-corrected chi connectivity index (χ0v) is 16.6. The number of sulfonamides is 1. The number of esters is 1. The molecule has 0 fully saturated rings. The van der Waals surface area contributed by atoms with Gasteiger partial charge in [-0.05, 0) is 54.1 Å². The smallest absolute Gasteiger partial charge is 0.340 e. The fourth-order valence-corrected chi connectivity index (χ4v) is 3.11. The van der Waals surface area contributed by atoms with Gasteiger partial charge in [-0.1, -0.05) is 0 Å². The van der Waals surface area contributed by atoms with Crippen LogP contribution in [0.1, 0.15) is 15.9 Å². The van der Waals surface area contributed by atoms with E-state index in [-0.39, 0.29) is 22.8 Å². The van der Waals surface area contributed by atoms with E-state index in [1.54, 1.807) is 18.3 Å². The quantitative estimate of drug-likeness (QED) is 0.552. The molecule has 0 amide bonds. The summed E-state index contributed by atoms with van der Waals surface area (Å²) in [4.78, 5) is 16.0. The summed E-state index contributed by atoms with van der Waals surface area (Å²) in [5.74, 6) is -0.347. The Kier molecular flexibility index (Phi) is 6.28. The van der Waals surface area contributed by atoms with Crippen LogP contribution in [0.15, 0.2) is 65.7 Å².